The number of hydrogen-bond donors (Lipinski definition) is 0. The van der Waals surface area contributed by atoms with Crippen molar-refractivity contribution in [3.8, 4) is 0 Å². The summed E-state index contributed by atoms with van der Waals surface area (Å²) in [5.41, 5.74) is 0. The summed E-state index contributed by atoms with van der Waals surface area (Å²) < 4.78 is 23.3. The summed E-state index contributed by atoms with van der Waals surface area (Å²) in [6.07, 6.45) is 8.62. The second kappa shape index (κ2) is 15.5. The third-order valence-electron chi connectivity index (χ3n) is 5.50. The minimum Gasteiger partial charge on any atom is -0.824 e. The van der Waals surface area contributed by atoms with Gasteiger partial charge in [0, 0.05) is 38.5 Å². The molecule has 0 unspecified atom stereocenters. The van der Waals surface area contributed by atoms with E-state index in [0.29, 0.717) is 0 Å². The van der Waals surface area contributed by atoms with Gasteiger partial charge in [-0.15, -0.1) is 0 Å². The third-order valence-corrected chi connectivity index (χ3v) is 5.50. The highest BCUT2D eigenvalue weighted by Gasteiger charge is 2.21. The van der Waals surface area contributed by atoms with Crippen LogP contribution in [0.3, 0.4) is 0 Å². The second-order valence-corrected chi connectivity index (χ2v) is 10.1. The maximum atomic E-state index is 9.78. The number of aliphatic carboxylic acids is 2. The molecule has 0 atom stereocenters. The van der Waals surface area contributed by atoms with E-state index < -0.39 is 19.4 Å². The molecule has 0 spiro atoms. The number of carbonyl (C=O) groups excluding carboxylic acids is 2. The molecular weight excluding hydrogens is 411 g/mol. The minimum absolute atomic E-state index is 1.25. The Bertz CT molecular complexity index is 435. The van der Waals surface area contributed by atoms with E-state index in [2.05, 4.69) is 42.3 Å². The lowest BCUT2D eigenvalue weighted by Crippen LogP contribution is -2.42. The quantitative estimate of drug-likeness (QED) is 0.248. The van der Waals surface area contributed by atoms with Crippen molar-refractivity contribution in [3.63, 3.8) is 0 Å². The molecule has 31 heavy (non-hydrogen) atoms. The van der Waals surface area contributed by atoms with E-state index in [4.69, 9.17) is 24.8 Å². The lowest BCUT2D eigenvalue weighted by molar-refractivity contribution is -0.877. The van der Waals surface area contributed by atoms with Gasteiger partial charge >= 0.3 is 7.47 Å². The smallest absolute Gasteiger partial charge is 0.447 e. The van der Waals surface area contributed by atoms with Gasteiger partial charge in [0.15, 0.2) is 0 Å². The van der Waals surface area contributed by atoms with E-state index in [0.717, 1.165) is 0 Å². The molecule has 184 valence electrons. The summed E-state index contributed by atoms with van der Waals surface area (Å²) in [5.74, 6) is -4.37. The van der Waals surface area contributed by atoms with E-state index >= 15 is 0 Å². The Kier molecular flexibility index (Phi) is 15.9. The molecule has 0 saturated carbocycles. The molecule has 3 fully saturated rings. The molecule has 3 saturated heterocycles. The highest BCUT2D eigenvalue weighted by Crippen LogP contribution is 2.12. The molecule has 0 aromatic heterocycles. The fraction of sp³-hybridized carbons (Fsp3) is 0.900. The lowest BCUT2D eigenvalue weighted by Gasteiger charge is -2.21. The first-order chi connectivity index (χ1) is 14.0. The van der Waals surface area contributed by atoms with Crippen LogP contribution in [0.4, 0.5) is 8.63 Å². The predicted octanol–water partition coefficient (Wildman–Crippen LogP) is -1.67. The van der Waals surface area contributed by atoms with Crippen molar-refractivity contribution in [1.82, 2.24) is 0 Å². The Morgan fingerprint density at radius 2 is 0.710 bits per heavy atom. The normalized spacial score (nSPS) is 21.5. The molecule has 3 aliphatic rings. The molecule has 0 aromatic carbocycles. The van der Waals surface area contributed by atoms with Gasteiger partial charge < -0.3 is 46.9 Å². The molecule has 0 N–H and O–H groups in total. The van der Waals surface area contributed by atoms with Crippen molar-refractivity contribution >= 4 is 19.4 Å². The summed E-state index contributed by atoms with van der Waals surface area (Å²) in [7, 11) is 10.4. The molecule has 8 nitrogen and oxygen atoms in total. The Labute approximate surface area is 187 Å². The molecule has 0 aliphatic carbocycles. The molecule has 0 amide bonds. The number of carboxylic acid groups (broad SMARTS) is 2. The molecule has 0 radical (unpaired) electrons. The van der Waals surface area contributed by atoms with Gasteiger partial charge in [0.2, 0.25) is 0 Å². The highest BCUT2D eigenvalue weighted by atomic mass is 19.2. The van der Waals surface area contributed by atoms with Crippen molar-refractivity contribution in [2.45, 2.75) is 38.5 Å². The largest absolute Gasteiger partial charge is 0.824 e. The summed E-state index contributed by atoms with van der Waals surface area (Å²) in [4.78, 5) is 17.9. The topological polar surface area (TPSA) is 103 Å². The van der Waals surface area contributed by atoms with Crippen molar-refractivity contribution in [2.24, 2.45) is 0 Å². The number of rotatable bonds is 0. The predicted molar refractivity (Wildman–Crippen MR) is 111 cm³/mol. The van der Waals surface area contributed by atoms with Crippen molar-refractivity contribution in [1.29, 1.82) is 0 Å². The van der Waals surface area contributed by atoms with Crippen molar-refractivity contribution < 1.29 is 46.9 Å². The van der Waals surface area contributed by atoms with Crippen LogP contribution in [0.25, 0.3) is 0 Å². The summed E-state index contributed by atoms with van der Waals surface area (Å²) in [6, 6.07) is 0. The molecule has 0 bridgehead atoms. The maximum absolute atomic E-state index is 9.78. The number of likely N-dealkylation sites (tertiary alicyclic amines) is 3. The van der Waals surface area contributed by atoms with Crippen molar-refractivity contribution in [3.05, 3.63) is 0 Å². The molecule has 3 aliphatic heterocycles. The fourth-order valence-electron chi connectivity index (χ4n) is 3.57. The van der Waals surface area contributed by atoms with Crippen LogP contribution in [0, 0.1) is 0 Å². The molecule has 3 rings (SSSR count). The minimum atomic E-state index is -3.42. The fourth-order valence-corrected chi connectivity index (χ4v) is 3.57. The Morgan fingerprint density at radius 3 is 0.742 bits per heavy atom. The first-order valence-electron chi connectivity index (χ1n) is 10.8. The average Bonchev–Trinajstić information content (AvgIpc) is 3.30. The summed E-state index contributed by atoms with van der Waals surface area (Å²) in [6.45, 7) is 8.33. The summed E-state index contributed by atoms with van der Waals surface area (Å²) >= 11 is 0. The molecule has 11 heteroatoms. The van der Waals surface area contributed by atoms with Crippen LogP contribution < -0.4 is 15.2 Å². The van der Waals surface area contributed by atoms with Gasteiger partial charge in [0.25, 0.3) is 0 Å². The van der Waals surface area contributed by atoms with Gasteiger partial charge in [-0.2, -0.15) is 0 Å². The van der Waals surface area contributed by atoms with Crippen LogP contribution >= 0.6 is 0 Å². The van der Waals surface area contributed by atoms with E-state index in [1.54, 1.807) is 0 Å². The van der Waals surface area contributed by atoms with E-state index in [1.807, 2.05) is 0 Å². The van der Waals surface area contributed by atoms with Gasteiger partial charge in [0.1, 0.15) is 0 Å². The molecular formula is C20H42BF2N3O5. The van der Waals surface area contributed by atoms with Gasteiger partial charge in [-0.05, 0) is 0 Å². The van der Waals surface area contributed by atoms with Gasteiger partial charge in [-0.25, -0.2) is 0 Å². The van der Waals surface area contributed by atoms with Gasteiger partial charge in [-0.1, -0.05) is 0 Å². The zero-order chi connectivity index (χ0) is 24.7. The van der Waals surface area contributed by atoms with Crippen LogP contribution in [-0.4, -0.2) is 114 Å². The Hall–Kier alpha value is -1.30. The Balaban J connectivity index is 0. The second-order valence-electron chi connectivity index (χ2n) is 10.1. The lowest BCUT2D eigenvalue weighted by atomic mass is 10.4. The molecule has 3 heterocycles. The number of carboxylic acids is 2. The van der Waals surface area contributed by atoms with E-state index in [-0.39, 0.29) is 0 Å². The average molecular weight is 453 g/mol. The number of quaternary nitrogens is 3. The number of carbonyl (C=O) groups is 2. The van der Waals surface area contributed by atoms with Gasteiger partial charge in [-0.3, -0.25) is 0 Å². The highest BCUT2D eigenvalue weighted by molar-refractivity contribution is 6.30. The molecule has 0 aromatic rings. The van der Waals surface area contributed by atoms with E-state index in [1.165, 1.54) is 91.2 Å². The van der Waals surface area contributed by atoms with Crippen LogP contribution in [0.2, 0.25) is 0 Å². The van der Waals surface area contributed by atoms with Crippen LogP contribution in [0.1, 0.15) is 38.5 Å². The maximum Gasteiger partial charge on any atom is 0.447 e. The van der Waals surface area contributed by atoms with Crippen LogP contribution in [-0.2, 0) is 9.59 Å². The van der Waals surface area contributed by atoms with E-state index in [9.17, 15) is 8.63 Å². The first-order valence-corrected chi connectivity index (χ1v) is 10.8. The summed E-state index contributed by atoms with van der Waals surface area (Å²) in [5, 5.41) is 26.0. The van der Waals surface area contributed by atoms with Gasteiger partial charge in [0.05, 0.1) is 93.5 Å². The zero-order valence-electron chi connectivity index (χ0n) is 20.2. The SMILES string of the molecule is C[N+]1(C)CCCC1.C[N+]1(C)CCCC1.C[N+]1(C)CCCC1.O=C([O-])C(=O)[O-].[O-]B(F)F. The standard InChI is InChI=1S/3C6H14N.C2H2O4.BF2O/c3*1-7(2)5-3-4-6-7;3-1(4)2(5)6;2-1(3)4/h3*3-6H2,1-2H3;(H,3,4)(H,5,6);/q3*+1;;-1/p-2. The van der Waals surface area contributed by atoms with Crippen LogP contribution in [0.5, 0.6) is 0 Å². The third kappa shape index (κ3) is 23.2. The van der Waals surface area contributed by atoms with Crippen molar-refractivity contribution in [2.75, 3.05) is 81.6 Å². The zero-order valence-corrected chi connectivity index (χ0v) is 20.2. The Morgan fingerprint density at radius 1 is 0.581 bits per heavy atom. The van der Waals surface area contributed by atoms with Crippen LogP contribution in [0.15, 0.2) is 0 Å². The number of halogens is 2. The monoisotopic (exact) mass is 453 g/mol. The number of hydrogen-bond acceptors (Lipinski definition) is 5. The number of nitrogens with zero attached hydrogens (tertiary/aromatic N) is 3. The first kappa shape index (κ1) is 31.9.